The fourth-order valence-electron chi connectivity index (χ4n) is 2.66. The van der Waals surface area contributed by atoms with E-state index in [0.29, 0.717) is 12.1 Å². The summed E-state index contributed by atoms with van der Waals surface area (Å²) in [5.74, 6) is 0. The molecule has 4 heteroatoms. The first kappa shape index (κ1) is 12.0. The zero-order valence-electron chi connectivity index (χ0n) is 9.24. The summed E-state index contributed by atoms with van der Waals surface area (Å²) in [6.07, 6.45) is 1.16. The Labute approximate surface area is 107 Å². The first-order chi connectivity index (χ1) is 7.24. The summed E-state index contributed by atoms with van der Waals surface area (Å²) in [6.45, 7) is 4.42. The van der Waals surface area contributed by atoms with Crippen molar-refractivity contribution >= 4 is 29.7 Å². The number of piperazine rings is 1. The predicted octanol–water partition coefficient (Wildman–Crippen LogP) is 2.48. The molecule has 0 amide bonds. The van der Waals surface area contributed by atoms with E-state index in [2.05, 4.69) is 29.3 Å². The average molecular weight is 259 g/mol. The number of hydrogen-bond acceptors (Lipinski definition) is 2. The summed E-state index contributed by atoms with van der Waals surface area (Å²) in [6, 6.07) is 7.48. The number of fused-ring (bicyclic) bond motifs is 3. The molecule has 0 aromatic heterocycles. The van der Waals surface area contributed by atoms with Crippen molar-refractivity contribution in [3.05, 3.63) is 28.8 Å². The van der Waals surface area contributed by atoms with E-state index < -0.39 is 0 Å². The van der Waals surface area contributed by atoms with Crippen LogP contribution in [0.4, 0.5) is 5.69 Å². The molecule has 2 unspecified atom stereocenters. The highest BCUT2D eigenvalue weighted by Crippen LogP contribution is 2.35. The molecule has 0 saturated carbocycles. The maximum Gasteiger partial charge on any atom is 0.0456 e. The van der Waals surface area contributed by atoms with Crippen molar-refractivity contribution in [3.8, 4) is 0 Å². The molecule has 0 radical (unpaired) electrons. The van der Waals surface area contributed by atoms with Crippen molar-refractivity contribution in [2.24, 2.45) is 0 Å². The summed E-state index contributed by atoms with van der Waals surface area (Å²) >= 11 is 6.05. The Bertz CT molecular complexity index is 395. The number of anilines is 1. The van der Waals surface area contributed by atoms with Gasteiger partial charge in [0.1, 0.15) is 0 Å². The molecular weight excluding hydrogens is 243 g/mol. The standard InChI is InChI=1S/C12H15ClN2.ClH/c1-8-7-15-11(6-14-8)4-9-2-3-10(13)5-12(9)15;/h2-3,5,8,11,14H,4,6-7H2,1H3;1H. The van der Waals surface area contributed by atoms with Crippen LogP contribution in [0, 0.1) is 0 Å². The Morgan fingerprint density at radius 2 is 2.25 bits per heavy atom. The number of hydrogen-bond donors (Lipinski definition) is 1. The quantitative estimate of drug-likeness (QED) is 0.770. The third kappa shape index (κ3) is 1.90. The van der Waals surface area contributed by atoms with Gasteiger partial charge in [0.15, 0.2) is 0 Å². The number of nitrogens with zero attached hydrogens (tertiary/aromatic N) is 1. The van der Waals surface area contributed by atoms with Crippen molar-refractivity contribution < 1.29 is 0 Å². The molecule has 0 spiro atoms. The van der Waals surface area contributed by atoms with Crippen LogP contribution in [-0.4, -0.2) is 25.2 Å². The summed E-state index contributed by atoms with van der Waals surface area (Å²) in [7, 11) is 0. The van der Waals surface area contributed by atoms with E-state index in [4.69, 9.17) is 11.6 Å². The number of halogens is 2. The van der Waals surface area contributed by atoms with Crippen LogP contribution in [0.1, 0.15) is 12.5 Å². The third-order valence-corrected chi connectivity index (χ3v) is 3.66. The molecule has 1 fully saturated rings. The molecule has 1 N–H and O–H groups in total. The molecule has 1 saturated heterocycles. The molecule has 2 nitrogen and oxygen atoms in total. The molecule has 2 atom stereocenters. The summed E-state index contributed by atoms with van der Waals surface area (Å²) < 4.78 is 0. The van der Waals surface area contributed by atoms with Crippen LogP contribution in [0.25, 0.3) is 0 Å². The molecule has 2 aliphatic rings. The van der Waals surface area contributed by atoms with Gasteiger partial charge < -0.3 is 10.2 Å². The van der Waals surface area contributed by atoms with Gasteiger partial charge >= 0.3 is 0 Å². The van der Waals surface area contributed by atoms with Gasteiger partial charge in [-0.05, 0) is 31.0 Å². The smallest absolute Gasteiger partial charge is 0.0456 e. The molecular formula is C12H16Cl2N2. The lowest BCUT2D eigenvalue weighted by molar-refractivity contribution is 0.422. The Hall–Kier alpha value is -0.440. The van der Waals surface area contributed by atoms with E-state index in [1.54, 1.807) is 0 Å². The van der Waals surface area contributed by atoms with E-state index in [1.165, 1.54) is 11.3 Å². The fraction of sp³-hybridized carbons (Fsp3) is 0.500. The molecule has 16 heavy (non-hydrogen) atoms. The summed E-state index contributed by atoms with van der Waals surface area (Å²) in [5, 5.41) is 4.38. The van der Waals surface area contributed by atoms with E-state index in [1.807, 2.05) is 6.07 Å². The molecule has 0 aliphatic carbocycles. The van der Waals surface area contributed by atoms with E-state index >= 15 is 0 Å². The minimum Gasteiger partial charge on any atom is -0.365 e. The topological polar surface area (TPSA) is 15.3 Å². The molecule has 88 valence electrons. The normalized spacial score (nSPS) is 27.0. The molecule has 1 aromatic rings. The Balaban J connectivity index is 0.000000963. The van der Waals surface area contributed by atoms with Gasteiger partial charge in [-0.15, -0.1) is 12.4 Å². The van der Waals surface area contributed by atoms with Gasteiger partial charge in [0, 0.05) is 35.9 Å². The lowest BCUT2D eigenvalue weighted by atomic mass is 10.1. The van der Waals surface area contributed by atoms with Crippen molar-refractivity contribution in [2.75, 3.05) is 18.0 Å². The van der Waals surface area contributed by atoms with Crippen LogP contribution in [0.15, 0.2) is 18.2 Å². The minimum absolute atomic E-state index is 0. The largest absolute Gasteiger partial charge is 0.365 e. The Kier molecular flexibility index (Phi) is 3.34. The lowest BCUT2D eigenvalue weighted by Gasteiger charge is -2.36. The zero-order chi connectivity index (χ0) is 10.4. The van der Waals surface area contributed by atoms with Gasteiger partial charge in [-0.1, -0.05) is 17.7 Å². The molecule has 2 heterocycles. The monoisotopic (exact) mass is 258 g/mol. The Morgan fingerprint density at radius 1 is 1.44 bits per heavy atom. The van der Waals surface area contributed by atoms with Gasteiger partial charge in [0.2, 0.25) is 0 Å². The van der Waals surface area contributed by atoms with Gasteiger partial charge in [0.25, 0.3) is 0 Å². The van der Waals surface area contributed by atoms with Crippen molar-refractivity contribution in [1.82, 2.24) is 5.32 Å². The van der Waals surface area contributed by atoms with Crippen molar-refractivity contribution in [2.45, 2.75) is 25.4 Å². The van der Waals surface area contributed by atoms with Crippen LogP contribution in [0.2, 0.25) is 5.02 Å². The highest BCUT2D eigenvalue weighted by atomic mass is 35.5. The van der Waals surface area contributed by atoms with Crippen LogP contribution in [0.3, 0.4) is 0 Å². The molecule has 0 bridgehead atoms. The Morgan fingerprint density at radius 3 is 3.06 bits per heavy atom. The summed E-state index contributed by atoms with van der Waals surface area (Å²) in [5.41, 5.74) is 2.79. The van der Waals surface area contributed by atoms with Crippen LogP contribution < -0.4 is 10.2 Å². The second-order valence-corrected chi connectivity index (χ2v) is 5.03. The van der Waals surface area contributed by atoms with Crippen LogP contribution in [0.5, 0.6) is 0 Å². The molecule has 1 aromatic carbocycles. The first-order valence-electron chi connectivity index (χ1n) is 5.52. The van der Waals surface area contributed by atoms with E-state index in [9.17, 15) is 0 Å². The van der Waals surface area contributed by atoms with Gasteiger partial charge in [0.05, 0.1) is 0 Å². The van der Waals surface area contributed by atoms with E-state index in [0.717, 1.165) is 24.5 Å². The van der Waals surface area contributed by atoms with Crippen molar-refractivity contribution in [3.63, 3.8) is 0 Å². The maximum atomic E-state index is 6.05. The average Bonchev–Trinajstić information content (AvgIpc) is 2.56. The predicted molar refractivity (Wildman–Crippen MR) is 71.0 cm³/mol. The second kappa shape index (κ2) is 4.44. The number of rotatable bonds is 0. The van der Waals surface area contributed by atoms with Gasteiger partial charge in [-0.25, -0.2) is 0 Å². The summed E-state index contributed by atoms with van der Waals surface area (Å²) in [4.78, 5) is 2.50. The fourth-order valence-corrected chi connectivity index (χ4v) is 2.83. The highest BCUT2D eigenvalue weighted by molar-refractivity contribution is 6.30. The molecule has 3 rings (SSSR count). The minimum atomic E-state index is 0. The highest BCUT2D eigenvalue weighted by Gasteiger charge is 2.33. The lowest BCUT2D eigenvalue weighted by Crippen LogP contribution is -2.54. The number of nitrogens with one attached hydrogen (secondary N) is 1. The molecule has 2 aliphatic heterocycles. The number of benzene rings is 1. The SMILES string of the molecule is CC1CN2c3cc(Cl)ccc3CC2CN1.Cl. The second-order valence-electron chi connectivity index (χ2n) is 4.59. The first-order valence-corrected chi connectivity index (χ1v) is 5.90. The van der Waals surface area contributed by atoms with E-state index in [-0.39, 0.29) is 12.4 Å². The van der Waals surface area contributed by atoms with Gasteiger partial charge in [-0.2, -0.15) is 0 Å². The third-order valence-electron chi connectivity index (χ3n) is 3.43. The zero-order valence-corrected chi connectivity index (χ0v) is 10.8. The van der Waals surface area contributed by atoms with Crippen LogP contribution >= 0.6 is 24.0 Å². The van der Waals surface area contributed by atoms with Crippen LogP contribution in [-0.2, 0) is 6.42 Å². The maximum absolute atomic E-state index is 6.05. The van der Waals surface area contributed by atoms with Gasteiger partial charge in [-0.3, -0.25) is 0 Å². The van der Waals surface area contributed by atoms with Crippen molar-refractivity contribution in [1.29, 1.82) is 0 Å².